The highest BCUT2D eigenvalue weighted by Crippen LogP contribution is 2.19. The average Bonchev–Trinajstić information content (AvgIpc) is 2.20. The number of aromatic nitrogens is 1. The van der Waals surface area contributed by atoms with Gasteiger partial charge in [0.1, 0.15) is 7.05 Å². The Bertz CT molecular complexity index is 454. The van der Waals surface area contributed by atoms with Gasteiger partial charge in [0.05, 0.1) is 5.39 Å². The maximum absolute atomic E-state index is 3.36. The molecule has 0 radical (unpaired) electrons. The number of aryl methyl sites for hydroxylation is 1. The number of nitrogens with zero attached hydrogens (tertiary/aromatic N) is 1. The van der Waals surface area contributed by atoms with Gasteiger partial charge in [-0.2, -0.15) is 0 Å². The molecule has 0 spiro atoms. The van der Waals surface area contributed by atoms with Crippen molar-refractivity contribution in [3.05, 3.63) is 36.5 Å². The SMILES string of the molecule is CCNc1cccc2c1ccc[n+]2C.[I-]. The summed E-state index contributed by atoms with van der Waals surface area (Å²) in [5, 5.41) is 4.64. The fraction of sp³-hybridized carbons (Fsp3) is 0.250. The van der Waals surface area contributed by atoms with Crippen molar-refractivity contribution in [2.75, 3.05) is 11.9 Å². The summed E-state index contributed by atoms with van der Waals surface area (Å²) >= 11 is 0. The zero-order valence-electron chi connectivity index (χ0n) is 9.00. The summed E-state index contributed by atoms with van der Waals surface area (Å²) in [5.41, 5.74) is 2.46. The molecule has 0 saturated carbocycles. The van der Waals surface area contributed by atoms with Crippen LogP contribution in [0.4, 0.5) is 5.69 Å². The molecule has 2 rings (SSSR count). The van der Waals surface area contributed by atoms with Gasteiger partial charge in [0.2, 0.25) is 5.52 Å². The van der Waals surface area contributed by atoms with E-state index < -0.39 is 0 Å². The van der Waals surface area contributed by atoms with E-state index in [1.807, 2.05) is 0 Å². The van der Waals surface area contributed by atoms with Crippen molar-refractivity contribution in [1.29, 1.82) is 0 Å². The van der Waals surface area contributed by atoms with Crippen molar-refractivity contribution in [1.82, 2.24) is 0 Å². The van der Waals surface area contributed by atoms with Gasteiger partial charge in [-0.1, -0.05) is 6.07 Å². The molecule has 1 aromatic heterocycles. The molecular weight excluding hydrogens is 299 g/mol. The summed E-state index contributed by atoms with van der Waals surface area (Å²) in [6.07, 6.45) is 2.07. The molecule has 3 heteroatoms. The molecule has 0 unspecified atom stereocenters. The first-order valence-electron chi connectivity index (χ1n) is 4.94. The molecule has 80 valence electrons. The van der Waals surface area contributed by atoms with Crippen LogP contribution < -0.4 is 33.9 Å². The molecule has 1 N–H and O–H groups in total. The summed E-state index contributed by atoms with van der Waals surface area (Å²) < 4.78 is 2.14. The molecule has 0 fully saturated rings. The molecule has 0 atom stereocenters. The van der Waals surface area contributed by atoms with Crippen molar-refractivity contribution in [2.24, 2.45) is 7.05 Å². The van der Waals surface area contributed by atoms with Gasteiger partial charge >= 0.3 is 0 Å². The number of halogens is 1. The van der Waals surface area contributed by atoms with Crippen molar-refractivity contribution >= 4 is 16.6 Å². The first-order valence-corrected chi connectivity index (χ1v) is 4.94. The lowest BCUT2D eigenvalue weighted by Crippen LogP contribution is -3.00. The number of benzene rings is 1. The van der Waals surface area contributed by atoms with Crippen molar-refractivity contribution in [3.63, 3.8) is 0 Å². The number of anilines is 1. The van der Waals surface area contributed by atoms with Crippen LogP contribution in [0.25, 0.3) is 10.9 Å². The van der Waals surface area contributed by atoms with Crippen LogP contribution >= 0.6 is 0 Å². The maximum atomic E-state index is 3.36. The van der Waals surface area contributed by atoms with Gasteiger partial charge in [-0.15, -0.1) is 0 Å². The predicted molar refractivity (Wildman–Crippen MR) is 59.3 cm³/mol. The number of hydrogen-bond donors (Lipinski definition) is 1. The Kier molecular flexibility index (Phi) is 4.32. The standard InChI is InChI=1S/C12H14N2.HI/c1-3-13-11-7-4-8-12-10(11)6-5-9-14(12)2;/h4-9H,3H2,1-2H3;1H. The fourth-order valence-electron chi connectivity index (χ4n) is 1.73. The van der Waals surface area contributed by atoms with E-state index in [1.165, 1.54) is 16.6 Å². The minimum absolute atomic E-state index is 0. The third kappa shape index (κ3) is 2.40. The maximum Gasteiger partial charge on any atom is 0.214 e. The summed E-state index contributed by atoms with van der Waals surface area (Å²) in [5.74, 6) is 0. The first-order chi connectivity index (χ1) is 6.83. The Morgan fingerprint density at radius 2 is 2.00 bits per heavy atom. The number of fused-ring (bicyclic) bond motifs is 1. The molecule has 15 heavy (non-hydrogen) atoms. The Morgan fingerprint density at radius 3 is 2.73 bits per heavy atom. The topological polar surface area (TPSA) is 15.9 Å². The zero-order valence-corrected chi connectivity index (χ0v) is 11.2. The van der Waals surface area contributed by atoms with Crippen LogP contribution in [0.5, 0.6) is 0 Å². The summed E-state index contributed by atoms with van der Waals surface area (Å²) in [6, 6.07) is 10.6. The first kappa shape index (κ1) is 12.2. The van der Waals surface area contributed by atoms with Crippen LogP contribution in [0.2, 0.25) is 0 Å². The molecule has 0 aliphatic carbocycles. The van der Waals surface area contributed by atoms with Gasteiger partial charge in [-0.25, -0.2) is 4.57 Å². The van der Waals surface area contributed by atoms with E-state index in [0.717, 1.165) is 6.54 Å². The molecule has 0 saturated heterocycles. The predicted octanol–water partition coefficient (Wildman–Crippen LogP) is -0.900. The number of nitrogens with one attached hydrogen (secondary N) is 1. The Morgan fingerprint density at radius 1 is 1.20 bits per heavy atom. The zero-order chi connectivity index (χ0) is 9.97. The Hall–Kier alpha value is -0.840. The molecule has 1 heterocycles. The lowest BCUT2D eigenvalue weighted by Gasteiger charge is -2.05. The largest absolute Gasteiger partial charge is 1.00 e. The Balaban J connectivity index is 0.00000112. The van der Waals surface area contributed by atoms with Crippen LogP contribution in [-0.4, -0.2) is 6.54 Å². The van der Waals surface area contributed by atoms with Gasteiger partial charge in [-0.3, -0.25) is 0 Å². The lowest BCUT2D eigenvalue weighted by atomic mass is 10.2. The fourth-order valence-corrected chi connectivity index (χ4v) is 1.73. The third-order valence-corrected chi connectivity index (χ3v) is 2.40. The molecule has 2 nitrogen and oxygen atoms in total. The summed E-state index contributed by atoms with van der Waals surface area (Å²) in [7, 11) is 2.07. The van der Waals surface area contributed by atoms with E-state index in [1.54, 1.807) is 0 Å². The highest BCUT2D eigenvalue weighted by atomic mass is 127. The average molecular weight is 314 g/mol. The molecule has 0 aliphatic rings. The normalized spacial score (nSPS) is 9.73. The van der Waals surface area contributed by atoms with Gasteiger partial charge < -0.3 is 29.3 Å². The van der Waals surface area contributed by atoms with Gasteiger partial charge in [0.15, 0.2) is 6.20 Å². The van der Waals surface area contributed by atoms with Gasteiger partial charge in [0, 0.05) is 24.4 Å². The van der Waals surface area contributed by atoms with E-state index in [0.29, 0.717) is 0 Å². The van der Waals surface area contributed by atoms with Crippen LogP contribution in [0.15, 0.2) is 36.5 Å². The number of hydrogen-bond acceptors (Lipinski definition) is 1. The molecule has 0 aliphatic heterocycles. The van der Waals surface area contributed by atoms with Gasteiger partial charge in [0.25, 0.3) is 0 Å². The second kappa shape index (κ2) is 5.30. The number of pyridine rings is 1. The van der Waals surface area contributed by atoms with E-state index in [9.17, 15) is 0 Å². The molecule has 1 aromatic carbocycles. The van der Waals surface area contributed by atoms with E-state index in [4.69, 9.17) is 0 Å². The van der Waals surface area contributed by atoms with Crippen molar-refractivity contribution < 1.29 is 28.5 Å². The van der Waals surface area contributed by atoms with Crippen molar-refractivity contribution in [2.45, 2.75) is 6.92 Å². The Labute approximate surface area is 107 Å². The summed E-state index contributed by atoms with van der Waals surface area (Å²) in [4.78, 5) is 0. The van der Waals surface area contributed by atoms with Crippen LogP contribution in [0.3, 0.4) is 0 Å². The third-order valence-electron chi connectivity index (χ3n) is 2.40. The van der Waals surface area contributed by atoms with E-state index >= 15 is 0 Å². The second-order valence-corrected chi connectivity index (χ2v) is 3.39. The molecule has 0 amide bonds. The summed E-state index contributed by atoms with van der Waals surface area (Å²) in [6.45, 7) is 3.07. The smallest absolute Gasteiger partial charge is 0.214 e. The highest BCUT2D eigenvalue weighted by Gasteiger charge is 2.06. The van der Waals surface area contributed by atoms with E-state index in [2.05, 4.69) is 60.4 Å². The lowest BCUT2D eigenvalue weighted by molar-refractivity contribution is -0.644. The molecule has 2 aromatic rings. The van der Waals surface area contributed by atoms with Crippen LogP contribution in [-0.2, 0) is 7.05 Å². The highest BCUT2D eigenvalue weighted by molar-refractivity contribution is 5.89. The molecular formula is C12H15IN2. The van der Waals surface area contributed by atoms with E-state index in [-0.39, 0.29) is 24.0 Å². The monoisotopic (exact) mass is 314 g/mol. The van der Waals surface area contributed by atoms with Crippen molar-refractivity contribution in [3.8, 4) is 0 Å². The minimum Gasteiger partial charge on any atom is -1.00 e. The number of rotatable bonds is 2. The quantitative estimate of drug-likeness (QED) is 0.561. The van der Waals surface area contributed by atoms with Gasteiger partial charge in [-0.05, 0) is 19.1 Å². The van der Waals surface area contributed by atoms with Crippen LogP contribution in [0.1, 0.15) is 6.92 Å². The minimum atomic E-state index is 0. The molecule has 0 bridgehead atoms. The van der Waals surface area contributed by atoms with Crippen LogP contribution in [0, 0.1) is 0 Å². The second-order valence-electron chi connectivity index (χ2n) is 3.39.